The molecule has 0 unspecified atom stereocenters. The number of benzene rings is 1. The summed E-state index contributed by atoms with van der Waals surface area (Å²) in [5.41, 5.74) is 5.58. The van der Waals surface area contributed by atoms with E-state index in [1.54, 1.807) is 24.7 Å². The number of rotatable bonds is 7. The SMILES string of the molecule is CC(C)c1cccc(C(C)C)c1NC(=O)c1ccc(NCc2ccncc2)cn1. The molecule has 0 saturated carbocycles. The third-order valence-corrected chi connectivity index (χ3v) is 4.85. The number of carbonyl (C=O) groups is 1. The van der Waals surface area contributed by atoms with Gasteiger partial charge >= 0.3 is 0 Å². The molecule has 0 atom stereocenters. The topological polar surface area (TPSA) is 66.9 Å². The van der Waals surface area contributed by atoms with Gasteiger partial charge < -0.3 is 10.6 Å². The zero-order chi connectivity index (χ0) is 20.8. The Morgan fingerprint density at radius 1 is 0.931 bits per heavy atom. The number of nitrogens with one attached hydrogen (secondary N) is 2. The van der Waals surface area contributed by atoms with E-state index in [1.807, 2.05) is 18.2 Å². The van der Waals surface area contributed by atoms with E-state index in [0.717, 1.165) is 28.1 Å². The molecule has 0 aliphatic rings. The second kappa shape index (κ2) is 9.32. The summed E-state index contributed by atoms with van der Waals surface area (Å²) in [6.07, 6.45) is 5.22. The third-order valence-electron chi connectivity index (χ3n) is 4.85. The summed E-state index contributed by atoms with van der Waals surface area (Å²) in [4.78, 5) is 21.2. The molecular weight excluding hydrogens is 360 g/mol. The van der Waals surface area contributed by atoms with Crippen molar-refractivity contribution in [1.82, 2.24) is 9.97 Å². The van der Waals surface area contributed by atoms with Crippen LogP contribution in [0.3, 0.4) is 0 Å². The first-order valence-corrected chi connectivity index (χ1v) is 9.98. The summed E-state index contributed by atoms with van der Waals surface area (Å²) in [6.45, 7) is 9.22. The molecule has 0 bridgehead atoms. The lowest BCUT2D eigenvalue weighted by atomic mass is 9.92. The molecule has 2 aromatic heterocycles. The minimum Gasteiger partial charge on any atom is -0.380 e. The maximum atomic E-state index is 12.9. The molecule has 1 aromatic carbocycles. The number of carbonyl (C=O) groups excluding carboxylic acids is 1. The number of hydrogen-bond donors (Lipinski definition) is 2. The smallest absolute Gasteiger partial charge is 0.274 e. The monoisotopic (exact) mass is 388 g/mol. The zero-order valence-corrected chi connectivity index (χ0v) is 17.4. The van der Waals surface area contributed by atoms with E-state index in [4.69, 9.17) is 0 Å². The van der Waals surface area contributed by atoms with Crippen LogP contribution in [0, 0.1) is 0 Å². The largest absolute Gasteiger partial charge is 0.380 e. The van der Waals surface area contributed by atoms with Gasteiger partial charge in [-0.25, -0.2) is 4.98 Å². The summed E-state index contributed by atoms with van der Waals surface area (Å²) in [6, 6.07) is 13.7. The second-order valence-electron chi connectivity index (χ2n) is 7.72. The van der Waals surface area contributed by atoms with Gasteiger partial charge in [0.2, 0.25) is 0 Å². The van der Waals surface area contributed by atoms with Gasteiger partial charge in [0.1, 0.15) is 5.69 Å². The van der Waals surface area contributed by atoms with Gasteiger partial charge in [-0.1, -0.05) is 45.9 Å². The Balaban J connectivity index is 1.73. The molecule has 0 spiro atoms. The van der Waals surface area contributed by atoms with Gasteiger partial charge in [0, 0.05) is 24.6 Å². The lowest BCUT2D eigenvalue weighted by Crippen LogP contribution is -2.17. The number of aromatic nitrogens is 2. The van der Waals surface area contributed by atoms with Crippen molar-refractivity contribution in [3.8, 4) is 0 Å². The average molecular weight is 389 g/mol. The lowest BCUT2D eigenvalue weighted by Gasteiger charge is -2.20. The normalized spacial score (nSPS) is 11.0. The number of anilines is 2. The highest BCUT2D eigenvalue weighted by atomic mass is 16.1. The van der Waals surface area contributed by atoms with Gasteiger partial charge in [0.15, 0.2) is 0 Å². The quantitative estimate of drug-likeness (QED) is 0.554. The van der Waals surface area contributed by atoms with Crippen LogP contribution in [-0.4, -0.2) is 15.9 Å². The Kier molecular flexibility index (Phi) is 6.60. The van der Waals surface area contributed by atoms with Crippen LogP contribution < -0.4 is 10.6 Å². The van der Waals surface area contributed by atoms with E-state index in [2.05, 4.69) is 66.5 Å². The van der Waals surface area contributed by atoms with Gasteiger partial charge in [0.05, 0.1) is 11.9 Å². The van der Waals surface area contributed by atoms with Crippen molar-refractivity contribution in [3.05, 3.63) is 83.4 Å². The Bertz CT molecular complexity index is 924. The molecule has 3 aromatic rings. The molecule has 0 fully saturated rings. The minimum absolute atomic E-state index is 0.194. The average Bonchev–Trinajstić information content (AvgIpc) is 2.73. The van der Waals surface area contributed by atoms with Crippen LogP contribution in [0.4, 0.5) is 11.4 Å². The van der Waals surface area contributed by atoms with Crippen LogP contribution in [-0.2, 0) is 6.54 Å². The Hall–Kier alpha value is -3.21. The highest BCUT2D eigenvalue weighted by Gasteiger charge is 2.17. The Morgan fingerprint density at radius 3 is 2.14 bits per heavy atom. The van der Waals surface area contributed by atoms with Crippen LogP contribution in [0.25, 0.3) is 0 Å². The van der Waals surface area contributed by atoms with Crippen molar-refractivity contribution < 1.29 is 4.79 Å². The number of amides is 1. The summed E-state index contributed by atoms with van der Waals surface area (Å²) in [7, 11) is 0. The third kappa shape index (κ3) is 5.19. The molecule has 2 N–H and O–H groups in total. The van der Waals surface area contributed by atoms with Gasteiger partial charge in [0.25, 0.3) is 5.91 Å². The summed E-state index contributed by atoms with van der Waals surface area (Å²) < 4.78 is 0. The van der Waals surface area contributed by atoms with Crippen LogP contribution in [0.5, 0.6) is 0 Å². The van der Waals surface area contributed by atoms with E-state index >= 15 is 0 Å². The van der Waals surface area contributed by atoms with E-state index < -0.39 is 0 Å². The van der Waals surface area contributed by atoms with Gasteiger partial charge in [-0.3, -0.25) is 9.78 Å². The number of nitrogens with zero attached hydrogens (tertiary/aromatic N) is 2. The minimum atomic E-state index is -0.194. The van der Waals surface area contributed by atoms with Crippen LogP contribution in [0.2, 0.25) is 0 Å². The zero-order valence-electron chi connectivity index (χ0n) is 17.4. The standard InChI is InChI=1S/C24H28N4O/c1-16(2)20-6-5-7-21(17(3)4)23(20)28-24(29)22-9-8-19(15-27-22)26-14-18-10-12-25-13-11-18/h5-13,15-17,26H,14H2,1-4H3,(H,28,29). The van der Waals surface area contributed by atoms with Crippen molar-refractivity contribution >= 4 is 17.3 Å². The second-order valence-corrected chi connectivity index (χ2v) is 7.72. The van der Waals surface area contributed by atoms with Crippen molar-refractivity contribution in [3.63, 3.8) is 0 Å². The highest BCUT2D eigenvalue weighted by Crippen LogP contribution is 2.32. The molecule has 150 valence electrons. The number of hydrogen-bond acceptors (Lipinski definition) is 4. The summed E-state index contributed by atoms with van der Waals surface area (Å²) >= 11 is 0. The van der Waals surface area contributed by atoms with Crippen molar-refractivity contribution in [1.29, 1.82) is 0 Å². The van der Waals surface area contributed by atoms with Crippen LogP contribution in [0.15, 0.2) is 61.1 Å². The molecular formula is C24H28N4O. The van der Waals surface area contributed by atoms with Gasteiger partial charge in [-0.05, 0) is 52.8 Å². The Labute approximate surface area is 172 Å². The molecule has 3 rings (SSSR count). The Morgan fingerprint density at radius 2 is 1.59 bits per heavy atom. The highest BCUT2D eigenvalue weighted by molar-refractivity contribution is 6.04. The van der Waals surface area contributed by atoms with Crippen molar-refractivity contribution in [2.75, 3.05) is 10.6 Å². The van der Waals surface area contributed by atoms with E-state index in [-0.39, 0.29) is 5.91 Å². The molecule has 2 heterocycles. The predicted molar refractivity (Wildman–Crippen MR) is 118 cm³/mol. The van der Waals surface area contributed by atoms with E-state index in [0.29, 0.717) is 24.1 Å². The molecule has 0 aliphatic carbocycles. The molecule has 0 radical (unpaired) electrons. The summed E-state index contributed by atoms with van der Waals surface area (Å²) in [5.74, 6) is 0.439. The molecule has 5 heteroatoms. The molecule has 0 saturated heterocycles. The number of pyridine rings is 2. The van der Waals surface area contributed by atoms with Gasteiger partial charge in [-0.2, -0.15) is 0 Å². The first kappa shape index (κ1) is 20.5. The van der Waals surface area contributed by atoms with E-state index in [9.17, 15) is 4.79 Å². The van der Waals surface area contributed by atoms with Crippen LogP contribution >= 0.6 is 0 Å². The van der Waals surface area contributed by atoms with Crippen molar-refractivity contribution in [2.45, 2.75) is 46.1 Å². The van der Waals surface area contributed by atoms with Crippen LogP contribution in [0.1, 0.15) is 66.7 Å². The molecule has 29 heavy (non-hydrogen) atoms. The molecule has 5 nitrogen and oxygen atoms in total. The molecule has 0 aliphatic heterocycles. The van der Waals surface area contributed by atoms with E-state index in [1.165, 1.54) is 0 Å². The maximum absolute atomic E-state index is 12.9. The van der Waals surface area contributed by atoms with Gasteiger partial charge in [-0.15, -0.1) is 0 Å². The first-order valence-electron chi connectivity index (χ1n) is 9.98. The fraction of sp³-hybridized carbons (Fsp3) is 0.292. The maximum Gasteiger partial charge on any atom is 0.274 e. The fourth-order valence-corrected chi connectivity index (χ4v) is 3.21. The first-order chi connectivity index (χ1) is 14.0. The fourth-order valence-electron chi connectivity index (χ4n) is 3.21. The summed E-state index contributed by atoms with van der Waals surface area (Å²) in [5, 5.41) is 6.41. The lowest BCUT2D eigenvalue weighted by molar-refractivity contribution is 0.102. The van der Waals surface area contributed by atoms with Crippen molar-refractivity contribution in [2.24, 2.45) is 0 Å². The predicted octanol–water partition coefficient (Wildman–Crippen LogP) is 5.59. The molecule has 1 amide bonds. The number of para-hydroxylation sites is 1.